The molecule has 3 aromatic rings. The molecule has 0 radical (unpaired) electrons. The first-order valence-corrected chi connectivity index (χ1v) is 9.55. The van der Waals surface area contributed by atoms with Crippen molar-refractivity contribution in [3.8, 4) is 11.3 Å². The predicted octanol–water partition coefficient (Wildman–Crippen LogP) is 2.52. The molecule has 4 N–H and O–H groups in total. The molecule has 2 fully saturated rings. The molecule has 1 amide bonds. The average Bonchev–Trinajstić information content (AvgIpc) is 3.18. The van der Waals surface area contributed by atoms with Crippen LogP contribution in [0.1, 0.15) is 18.4 Å². The van der Waals surface area contributed by atoms with Crippen LogP contribution in [-0.4, -0.2) is 33.9 Å². The summed E-state index contributed by atoms with van der Waals surface area (Å²) in [6.45, 7) is 3.95. The van der Waals surface area contributed by atoms with E-state index in [4.69, 9.17) is 5.73 Å². The summed E-state index contributed by atoms with van der Waals surface area (Å²) in [5.74, 6) is 1.10. The van der Waals surface area contributed by atoms with E-state index in [0.29, 0.717) is 11.6 Å². The Bertz CT molecular complexity index is 1090. The Labute approximate surface area is 162 Å². The Morgan fingerprint density at radius 3 is 3.04 bits per heavy atom. The molecule has 1 saturated heterocycles. The lowest BCUT2D eigenvalue weighted by molar-refractivity contribution is -0.118. The molecule has 2 atom stereocenters. The SMILES string of the molecule is Cc1ccncc1-c1cc2cc(NC(=O)[C@@H]3C[C@@]34CCNC4)ncc2c(N)n1. The summed E-state index contributed by atoms with van der Waals surface area (Å²) in [4.78, 5) is 25.7. The normalized spacial score (nSPS) is 23.2. The van der Waals surface area contributed by atoms with E-state index in [9.17, 15) is 4.79 Å². The molecule has 1 saturated carbocycles. The molecule has 7 nitrogen and oxygen atoms in total. The Morgan fingerprint density at radius 1 is 1.36 bits per heavy atom. The van der Waals surface area contributed by atoms with E-state index < -0.39 is 0 Å². The van der Waals surface area contributed by atoms with Gasteiger partial charge in [0.2, 0.25) is 5.91 Å². The minimum absolute atomic E-state index is 0.0564. The zero-order valence-corrected chi connectivity index (χ0v) is 15.7. The molecular weight excluding hydrogens is 352 g/mol. The van der Waals surface area contributed by atoms with Gasteiger partial charge < -0.3 is 16.4 Å². The minimum Gasteiger partial charge on any atom is -0.383 e. The van der Waals surface area contributed by atoms with E-state index in [1.54, 1.807) is 18.6 Å². The maximum absolute atomic E-state index is 12.6. The number of hydrogen-bond acceptors (Lipinski definition) is 6. The molecule has 3 aromatic heterocycles. The fourth-order valence-electron chi connectivity index (χ4n) is 4.28. The molecule has 0 bridgehead atoms. The number of aromatic nitrogens is 3. The first-order chi connectivity index (χ1) is 13.6. The first-order valence-electron chi connectivity index (χ1n) is 9.55. The molecule has 0 unspecified atom stereocenters. The molecule has 1 aliphatic heterocycles. The van der Waals surface area contributed by atoms with E-state index in [-0.39, 0.29) is 17.2 Å². The van der Waals surface area contributed by atoms with Gasteiger partial charge in [-0.1, -0.05) is 0 Å². The second kappa shape index (κ2) is 6.24. The number of fused-ring (bicyclic) bond motifs is 1. The summed E-state index contributed by atoms with van der Waals surface area (Å²) in [6.07, 6.45) is 7.25. The van der Waals surface area contributed by atoms with Gasteiger partial charge in [-0.25, -0.2) is 9.97 Å². The van der Waals surface area contributed by atoms with E-state index in [1.165, 1.54) is 0 Å². The van der Waals surface area contributed by atoms with Crippen LogP contribution in [0.5, 0.6) is 0 Å². The number of nitrogens with zero attached hydrogens (tertiary/aromatic N) is 3. The van der Waals surface area contributed by atoms with Crippen molar-refractivity contribution in [3.63, 3.8) is 0 Å². The van der Waals surface area contributed by atoms with Crippen LogP contribution in [0.25, 0.3) is 22.0 Å². The molecule has 1 aliphatic carbocycles. The topological polar surface area (TPSA) is 106 Å². The molecule has 7 heteroatoms. The number of anilines is 2. The van der Waals surface area contributed by atoms with Gasteiger partial charge in [-0.3, -0.25) is 9.78 Å². The van der Waals surface area contributed by atoms with Crippen molar-refractivity contribution in [2.75, 3.05) is 24.1 Å². The van der Waals surface area contributed by atoms with Crippen molar-refractivity contribution in [2.45, 2.75) is 19.8 Å². The lowest BCUT2D eigenvalue weighted by atomic mass is 10.0. The maximum Gasteiger partial charge on any atom is 0.229 e. The summed E-state index contributed by atoms with van der Waals surface area (Å²) in [5.41, 5.74) is 9.11. The molecule has 5 rings (SSSR count). The highest BCUT2D eigenvalue weighted by molar-refractivity contribution is 5.98. The monoisotopic (exact) mass is 374 g/mol. The quantitative estimate of drug-likeness (QED) is 0.650. The molecule has 142 valence electrons. The largest absolute Gasteiger partial charge is 0.383 e. The number of rotatable bonds is 3. The number of aryl methyl sites for hydroxylation is 1. The van der Waals surface area contributed by atoms with Crippen molar-refractivity contribution in [2.24, 2.45) is 11.3 Å². The summed E-state index contributed by atoms with van der Waals surface area (Å²) in [5, 5.41) is 8.01. The molecule has 1 spiro atoms. The number of amides is 1. The van der Waals surface area contributed by atoms with Gasteiger partial charge >= 0.3 is 0 Å². The van der Waals surface area contributed by atoms with E-state index in [0.717, 1.165) is 53.5 Å². The van der Waals surface area contributed by atoms with Crippen LogP contribution in [0.4, 0.5) is 11.6 Å². The average molecular weight is 374 g/mol. The highest BCUT2D eigenvalue weighted by Crippen LogP contribution is 2.56. The van der Waals surface area contributed by atoms with Crippen LogP contribution >= 0.6 is 0 Å². The zero-order chi connectivity index (χ0) is 19.3. The smallest absolute Gasteiger partial charge is 0.229 e. The van der Waals surface area contributed by atoms with Crippen LogP contribution in [0.3, 0.4) is 0 Å². The van der Waals surface area contributed by atoms with Crippen LogP contribution in [0, 0.1) is 18.3 Å². The Hall–Kier alpha value is -3.06. The second-order valence-electron chi connectivity index (χ2n) is 7.91. The number of carbonyl (C=O) groups is 1. The number of nitrogen functional groups attached to an aromatic ring is 1. The third kappa shape index (κ3) is 2.79. The van der Waals surface area contributed by atoms with Crippen molar-refractivity contribution < 1.29 is 4.79 Å². The number of nitrogens with one attached hydrogen (secondary N) is 2. The maximum atomic E-state index is 12.6. The Balaban J connectivity index is 1.45. The van der Waals surface area contributed by atoms with Gasteiger partial charge in [0.25, 0.3) is 0 Å². The van der Waals surface area contributed by atoms with E-state index in [1.807, 2.05) is 25.1 Å². The summed E-state index contributed by atoms with van der Waals surface area (Å²) >= 11 is 0. The van der Waals surface area contributed by atoms with Crippen LogP contribution in [0.2, 0.25) is 0 Å². The van der Waals surface area contributed by atoms with Gasteiger partial charge in [0.15, 0.2) is 0 Å². The summed E-state index contributed by atoms with van der Waals surface area (Å²) in [6, 6.07) is 5.77. The standard InChI is InChI=1S/C21H22N6O/c1-12-2-4-23-9-14(12)17-6-13-7-18(25-10-15(13)19(22)26-17)27-20(28)16-8-21(16)3-5-24-11-21/h2,4,6-7,9-10,16,24H,3,5,8,11H2,1H3,(H2,22,26)(H,25,27,28)/t16-,21+/m0/s1. The first kappa shape index (κ1) is 17.1. The fraction of sp³-hybridized carbons (Fsp3) is 0.333. The minimum atomic E-state index is 0.0564. The molecule has 28 heavy (non-hydrogen) atoms. The van der Waals surface area contributed by atoms with E-state index in [2.05, 4.69) is 25.6 Å². The van der Waals surface area contributed by atoms with Gasteiger partial charge in [-0.15, -0.1) is 0 Å². The van der Waals surface area contributed by atoms with E-state index >= 15 is 0 Å². The van der Waals surface area contributed by atoms with Crippen molar-refractivity contribution >= 4 is 28.3 Å². The van der Waals surface area contributed by atoms with Crippen molar-refractivity contribution in [1.29, 1.82) is 0 Å². The van der Waals surface area contributed by atoms with Gasteiger partial charge in [-0.2, -0.15) is 0 Å². The number of hydrogen-bond donors (Lipinski definition) is 3. The predicted molar refractivity (Wildman–Crippen MR) is 109 cm³/mol. The number of nitrogens with two attached hydrogens (primary N) is 1. The highest BCUT2D eigenvalue weighted by Gasteiger charge is 2.58. The van der Waals surface area contributed by atoms with Crippen molar-refractivity contribution in [3.05, 3.63) is 42.4 Å². The van der Waals surface area contributed by atoms with Gasteiger partial charge in [-0.05, 0) is 60.9 Å². The molecule has 4 heterocycles. The van der Waals surface area contributed by atoms with Crippen LogP contribution in [0.15, 0.2) is 36.8 Å². The Morgan fingerprint density at radius 2 is 2.25 bits per heavy atom. The molecular formula is C21H22N6O. The van der Waals surface area contributed by atoms with Gasteiger partial charge in [0.1, 0.15) is 11.6 Å². The molecule has 0 aromatic carbocycles. The number of carbonyl (C=O) groups excluding carboxylic acids is 1. The fourth-order valence-corrected chi connectivity index (χ4v) is 4.28. The zero-order valence-electron chi connectivity index (χ0n) is 15.7. The molecule has 2 aliphatic rings. The lowest BCUT2D eigenvalue weighted by Gasteiger charge is -2.11. The third-order valence-electron chi connectivity index (χ3n) is 6.09. The van der Waals surface area contributed by atoms with Crippen LogP contribution < -0.4 is 16.4 Å². The van der Waals surface area contributed by atoms with Crippen molar-refractivity contribution in [1.82, 2.24) is 20.3 Å². The highest BCUT2D eigenvalue weighted by atomic mass is 16.2. The van der Waals surface area contributed by atoms with Gasteiger partial charge in [0.05, 0.1) is 5.69 Å². The number of pyridine rings is 3. The third-order valence-corrected chi connectivity index (χ3v) is 6.09. The lowest BCUT2D eigenvalue weighted by Crippen LogP contribution is -2.20. The second-order valence-corrected chi connectivity index (χ2v) is 7.91. The summed E-state index contributed by atoms with van der Waals surface area (Å²) < 4.78 is 0. The summed E-state index contributed by atoms with van der Waals surface area (Å²) in [7, 11) is 0. The van der Waals surface area contributed by atoms with Crippen LogP contribution in [-0.2, 0) is 4.79 Å². The van der Waals surface area contributed by atoms with Gasteiger partial charge in [0, 0.05) is 42.0 Å². The Kier molecular flexibility index (Phi) is 3.80.